The van der Waals surface area contributed by atoms with Crippen LogP contribution in [0.25, 0.3) is 10.8 Å². The molecule has 0 aromatic heterocycles. The Morgan fingerprint density at radius 2 is 1.81 bits per heavy atom. The molecule has 3 aromatic carbocycles. The number of benzene rings is 3. The molecule has 3 aromatic rings. The van der Waals surface area contributed by atoms with E-state index in [-0.39, 0.29) is 11.7 Å². The quantitative estimate of drug-likeness (QED) is 0.410. The summed E-state index contributed by atoms with van der Waals surface area (Å²) in [7, 11) is -3.72. The summed E-state index contributed by atoms with van der Waals surface area (Å²) < 4.78 is 28.4. The highest BCUT2D eigenvalue weighted by molar-refractivity contribution is 8.16. The molecular formula is C23H22N2O4S3. The molecule has 1 atom stereocenters. The van der Waals surface area contributed by atoms with Gasteiger partial charge in [0.15, 0.2) is 0 Å². The fraction of sp³-hybridized carbons (Fsp3) is 0.174. The first-order valence-corrected chi connectivity index (χ1v) is 13.2. The van der Waals surface area contributed by atoms with Gasteiger partial charge in [-0.05, 0) is 24.6 Å². The normalized spacial score (nSPS) is 16.0. The van der Waals surface area contributed by atoms with Crippen LogP contribution < -0.4 is 10.0 Å². The lowest BCUT2D eigenvalue weighted by molar-refractivity contribution is -0.118. The zero-order chi connectivity index (χ0) is 22.7. The third-order valence-corrected chi connectivity index (χ3v) is 9.43. The fourth-order valence-corrected chi connectivity index (χ4v) is 7.13. The third-order valence-electron chi connectivity index (χ3n) is 4.88. The average molecular weight is 487 g/mol. The molecule has 0 bridgehead atoms. The van der Waals surface area contributed by atoms with E-state index in [1.165, 1.54) is 30.4 Å². The maximum atomic E-state index is 13.2. The van der Waals surface area contributed by atoms with Gasteiger partial charge in [-0.1, -0.05) is 60.3 Å². The Labute approximate surface area is 195 Å². The van der Waals surface area contributed by atoms with Gasteiger partial charge < -0.3 is 10.4 Å². The van der Waals surface area contributed by atoms with Gasteiger partial charge in [-0.25, -0.2) is 8.42 Å². The number of nitrogens with one attached hydrogen (secondary N) is 2. The van der Waals surface area contributed by atoms with Crippen molar-refractivity contribution in [2.75, 3.05) is 11.3 Å². The van der Waals surface area contributed by atoms with Crippen LogP contribution in [0.5, 0.6) is 5.75 Å². The molecule has 0 aliphatic carbocycles. The van der Waals surface area contributed by atoms with Gasteiger partial charge in [0.1, 0.15) is 10.3 Å². The second-order valence-electron chi connectivity index (χ2n) is 7.24. The van der Waals surface area contributed by atoms with Crippen LogP contribution >= 0.6 is 23.5 Å². The maximum Gasteiger partial charge on any atom is 0.245 e. The fourth-order valence-electron chi connectivity index (χ4n) is 3.34. The largest absolute Gasteiger partial charge is 0.506 e. The lowest BCUT2D eigenvalue weighted by Gasteiger charge is -2.17. The van der Waals surface area contributed by atoms with Crippen LogP contribution in [-0.4, -0.2) is 30.6 Å². The van der Waals surface area contributed by atoms with E-state index in [1.807, 2.05) is 42.5 Å². The first-order chi connectivity index (χ1) is 15.3. The van der Waals surface area contributed by atoms with Gasteiger partial charge in [-0.3, -0.25) is 9.52 Å². The summed E-state index contributed by atoms with van der Waals surface area (Å²) >= 11 is 2.61. The predicted molar refractivity (Wildman–Crippen MR) is 131 cm³/mol. The van der Waals surface area contributed by atoms with E-state index in [0.717, 1.165) is 9.80 Å². The number of sulfonamides is 1. The summed E-state index contributed by atoms with van der Waals surface area (Å²) in [6, 6.07) is 18.4. The van der Waals surface area contributed by atoms with Crippen molar-refractivity contribution in [3.05, 3.63) is 71.6 Å². The Kier molecular flexibility index (Phi) is 6.68. The average Bonchev–Trinajstić information content (AvgIpc) is 3.26. The number of rotatable bonds is 7. The molecule has 3 N–H and O–H groups in total. The molecule has 1 unspecified atom stereocenters. The van der Waals surface area contributed by atoms with Crippen LogP contribution in [0.3, 0.4) is 0 Å². The van der Waals surface area contributed by atoms with E-state index in [4.69, 9.17) is 0 Å². The Bertz CT molecular complexity index is 1290. The van der Waals surface area contributed by atoms with Crippen LogP contribution in [0.15, 0.2) is 81.4 Å². The second-order valence-corrected chi connectivity index (χ2v) is 11.8. The van der Waals surface area contributed by atoms with E-state index < -0.39 is 14.6 Å². The van der Waals surface area contributed by atoms with Crippen LogP contribution in [0, 0.1) is 0 Å². The molecule has 1 aliphatic rings. The van der Waals surface area contributed by atoms with Crippen LogP contribution in [-0.2, 0) is 14.8 Å². The molecule has 6 nitrogen and oxygen atoms in total. The van der Waals surface area contributed by atoms with Gasteiger partial charge in [0.25, 0.3) is 0 Å². The highest BCUT2D eigenvalue weighted by Gasteiger charge is 2.31. The molecule has 32 heavy (non-hydrogen) atoms. The van der Waals surface area contributed by atoms with Gasteiger partial charge in [0.05, 0.1) is 10.6 Å². The SMILES string of the molecule is CC(=O)NCC1=CCC(S(=O)(=O)Nc2cc(Sc3ccccc3)c(O)c3ccccc23)S1. The molecule has 9 heteroatoms. The first-order valence-electron chi connectivity index (χ1n) is 9.93. The number of amides is 1. The number of thioether (sulfide) groups is 1. The van der Waals surface area contributed by atoms with Gasteiger partial charge in [-0.15, -0.1) is 11.8 Å². The number of phenols is 1. The minimum atomic E-state index is -3.72. The third kappa shape index (κ3) is 5.06. The van der Waals surface area contributed by atoms with Crippen molar-refractivity contribution in [2.24, 2.45) is 0 Å². The predicted octanol–water partition coefficient (Wildman–Crippen LogP) is 4.92. The van der Waals surface area contributed by atoms with Crippen molar-refractivity contribution in [2.45, 2.75) is 27.7 Å². The van der Waals surface area contributed by atoms with Gasteiger partial charge in [-0.2, -0.15) is 0 Å². The molecule has 0 fully saturated rings. The molecule has 4 rings (SSSR count). The van der Waals surface area contributed by atoms with E-state index in [1.54, 1.807) is 24.3 Å². The number of allylic oxidation sites excluding steroid dienone is 1. The highest BCUT2D eigenvalue weighted by Crippen LogP contribution is 2.43. The molecule has 1 amide bonds. The van der Waals surface area contributed by atoms with Crippen molar-refractivity contribution >= 4 is 55.9 Å². The molecule has 0 saturated heterocycles. The zero-order valence-corrected chi connectivity index (χ0v) is 19.7. The molecule has 0 saturated carbocycles. The molecule has 1 heterocycles. The number of aromatic hydroxyl groups is 1. The van der Waals surface area contributed by atoms with Crippen LogP contribution in [0.2, 0.25) is 0 Å². The number of phenolic OH excluding ortho intramolecular Hbond substituents is 1. The molecular weight excluding hydrogens is 464 g/mol. The Morgan fingerprint density at radius 3 is 2.53 bits per heavy atom. The topological polar surface area (TPSA) is 95.5 Å². The smallest absolute Gasteiger partial charge is 0.245 e. The van der Waals surface area contributed by atoms with Crippen molar-refractivity contribution in [3.8, 4) is 5.75 Å². The van der Waals surface area contributed by atoms with Crippen molar-refractivity contribution in [1.82, 2.24) is 5.32 Å². The first kappa shape index (κ1) is 22.6. The van der Waals surface area contributed by atoms with Crippen LogP contribution in [0.4, 0.5) is 5.69 Å². The number of carbonyl (C=O) groups is 1. The van der Waals surface area contributed by atoms with Crippen LogP contribution in [0.1, 0.15) is 13.3 Å². The van der Waals surface area contributed by atoms with Gasteiger partial charge >= 0.3 is 0 Å². The number of anilines is 1. The van der Waals surface area contributed by atoms with Gasteiger partial charge in [0, 0.05) is 34.0 Å². The summed E-state index contributed by atoms with van der Waals surface area (Å²) in [5.74, 6) is -0.0400. The molecule has 1 aliphatic heterocycles. The van der Waals surface area contributed by atoms with E-state index in [2.05, 4.69) is 10.0 Å². The zero-order valence-electron chi connectivity index (χ0n) is 17.2. The van der Waals surface area contributed by atoms with E-state index >= 15 is 0 Å². The summed E-state index contributed by atoms with van der Waals surface area (Å²) in [6.07, 6.45) is 2.20. The lowest BCUT2D eigenvalue weighted by atomic mass is 10.1. The monoisotopic (exact) mass is 486 g/mol. The second kappa shape index (κ2) is 9.48. The van der Waals surface area contributed by atoms with Crippen molar-refractivity contribution in [3.63, 3.8) is 0 Å². The molecule has 166 valence electrons. The molecule has 0 spiro atoms. The van der Waals surface area contributed by atoms with E-state index in [0.29, 0.717) is 34.3 Å². The lowest BCUT2D eigenvalue weighted by Crippen LogP contribution is -2.24. The summed E-state index contributed by atoms with van der Waals surface area (Å²) in [5.41, 5.74) is 0.424. The standard InChI is InChI=1S/C23H22N2O4S3/c1-15(26)24-14-17-11-12-22(31-17)32(28,29)25-20-13-21(30-16-7-3-2-4-8-16)23(27)19-10-6-5-9-18(19)20/h2-11,13,22,25,27H,12,14H2,1H3,(H,24,26). The number of carbonyl (C=O) groups excluding carboxylic acids is 1. The number of hydrogen-bond donors (Lipinski definition) is 3. The highest BCUT2D eigenvalue weighted by atomic mass is 32.3. The summed E-state index contributed by atoms with van der Waals surface area (Å²) in [5, 5.41) is 14.7. The van der Waals surface area contributed by atoms with Crippen molar-refractivity contribution in [1.29, 1.82) is 0 Å². The van der Waals surface area contributed by atoms with Gasteiger partial charge in [0.2, 0.25) is 15.9 Å². The maximum absolute atomic E-state index is 13.2. The Balaban J connectivity index is 1.62. The minimum absolute atomic E-state index is 0.118. The van der Waals surface area contributed by atoms with E-state index in [9.17, 15) is 18.3 Å². The minimum Gasteiger partial charge on any atom is -0.506 e. The summed E-state index contributed by atoms with van der Waals surface area (Å²) in [4.78, 5) is 13.5. The Hall–Kier alpha value is -2.62. The molecule has 0 radical (unpaired) electrons. The Morgan fingerprint density at radius 1 is 1.12 bits per heavy atom. The van der Waals surface area contributed by atoms with Crippen molar-refractivity contribution < 1.29 is 18.3 Å². The number of fused-ring (bicyclic) bond motifs is 1. The number of hydrogen-bond acceptors (Lipinski definition) is 6. The summed E-state index contributed by atoms with van der Waals surface area (Å²) in [6.45, 7) is 1.75.